The Bertz CT molecular complexity index is 880. The van der Waals surface area contributed by atoms with Gasteiger partial charge in [0, 0.05) is 11.3 Å². The Balaban J connectivity index is 1.80. The lowest BCUT2D eigenvalue weighted by atomic mass is 10.0. The molecule has 120 valence electrons. The highest BCUT2D eigenvalue weighted by Crippen LogP contribution is 2.20. The van der Waals surface area contributed by atoms with Crippen LogP contribution in [-0.2, 0) is 4.74 Å². The number of nitrogens with one attached hydrogen (secondary N) is 1. The maximum absolute atomic E-state index is 12.5. The molecule has 3 rings (SSSR count). The molecule has 0 atom stereocenters. The molecule has 0 aliphatic heterocycles. The number of esters is 1. The molecule has 3 aromatic carbocycles. The predicted octanol–water partition coefficient (Wildman–Crippen LogP) is 4.27. The van der Waals surface area contributed by atoms with Crippen molar-refractivity contribution in [2.24, 2.45) is 0 Å². The van der Waals surface area contributed by atoms with Crippen LogP contribution in [0.1, 0.15) is 27.6 Å². The minimum absolute atomic E-state index is 0.185. The van der Waals surface area contributed by atoms with Crippen LogP contribution in [0.3, 0.4) is 0 Å². The van der Waals surface area contributed by atoms with E-state index in [0.717, 1.165) is 10.8 Å². The van der Waals surface area contributed by atoms with Crippen LogP contribution in [0.5, 0.6) is 0 Å². The van der Waals surface area contributed by atoms with Crippen molar-refractivity contribution in [1.82, 2.24) is 0 Å². The summed E-state index contributed by atoms with van der Waals surface area (Å²) in [5, 5.41) is 4.78. The first-order valence-corrected chi connectivity index (χ1v) is 7.75. The minimum Gasteiger partial charge on any atom is -0.462 e. The van der Waals surface area contributed by atoms with Gasteiger partial charge in [0.1, 0.15) is 0 Å². The van der Waals surface area contributed by atoms with E-state index in [-0.39, 0.29) is 11.9 Å². The summed E-state index contributed by atoms with van der Waals surface area (Å²) in [6.45, 7) is 2.09. The lowest BCUT2D eigenvalue weighted by Gasteiger charge is -2.09. The first kappa shape index (κ1) is 15.7. The summed E-state index contributed by atoms with van der Waals surface area (Å²) < 4.78 is 4.94. The molecule has 0 aliphatic carbocycles. The first-order valence-electron chi connectivity index (χ1n) is 7.75. The Kier molecular flexibility index (Phi) is 4.57. The molecule has 1 N–H and O–H groups in total. The van der Waals surface area contributed by atoms with E-state index in [1.54, 1.807) is 37.3 Å². The highest BCUT2D eigenvalue weighted by molar-refractivity contribution is 6.13. The van der Waals surface area contributed by atoms with E-state index in [1.807, 2.05) is 36.4 Å². The Hall–Kier alpha value is -3.14. The monoisotopic (exact) mass is 319 g/mol. The van der Waals surface area contributed by atoms with Crippen LogP contribution >= 0.6 is 0 Å². The summed E-state index contributed by atoms with van der Waals surface area (Å²) in [7, 11) is 0. The van der Waals surface area contributed by atoms with Crippen molar-refractivity contribution in [3.8, 4) is 0 Å². The van der Waals surface area contributed by atoms with E-state index >= 15 is 0 Å². The van der Waals surface area contributed by atoms with Gasteiger partial charge in [-0.25, -0.2) is 4.79 Å². The van der Waals surface area contributed by atoms with Gasteiger partial charge in [0.15, 0.2) is 0 Å². The molecule has 1 amide bonds. The fourth-order valence-electron chi connectivity index (χ4n) is 2.53. The van der Waals surface area contributed by atoms with E-state index in [9.17, 15) is 9.59 Å². The molecule has 0 spiro atoms. The lowest BCUT2D eigenvalue weighted by Crippen LogP contribution is -2.12. The summed E-state index contributed by atoms with van der Waals surface area (Å²) in [5.74, 6) is -0.555. The van der Waals surface area contributed by atoms with Gasteiger partial charge in [0.25, 0.3) is 5.91 Å². The van der Waals surface area contributed by atoms with Crippen LogP contribution in [0, 0.1) is 0 Å². The molecule has 24 heavy (non-hydrogen) atoms. The van der Waals surface area contributed by atoms with Gasteiger partial charge in [0.05, 0.1) is 12.2 Å². The maximum atomic E-state index is 12.5. The van der Waals surface area contributed by atoms with Gasteiger partial charge in [-0.2, -0.15) is 0 Å². The predicted molar refractivity (Wildman–Crippen MR) is 94.3 cm³/mol. The average Bonchev–Trinajstić information content (AvgIpc) is 2.62. The summed E-state index contributed by atoms with van der Waals surface area (Å²) in [6, 6.07) is 20.0. The number of fused-ring (bicyclic) bond motifs is 1. The van der Waals surface area contributed by atoms with Crippen molar-refractivity contribution in [3.05, 3.63) is 77.9 Å². The Labute approximate surface area is 140 Å². The summed E-state index contributed by atoms with van der Waals surface area (Å²) in [4.78, 5) is 24.2. The van der Waals surface area contributed by atoms with Gasteiger partial charge in [-0.1, -0.05) is 36.4 Å². The number of anilines is 1. The molecule has 0 aromatic heterocycles. The fraction of sp³-hybridized carbons (Fsp3) is 0.100. The number of carbonyl (C=O) groups excluding carboxylic acids is 2. The molecule has 0 heterocycles. The van der Waals surface area contributed by atoms with Crippen LogP contribution < -0.4 is 5.32 Å². The van der Waals surface area contributed by atoms with Crippen LogP contribution in [-0.4, -0.2) is 18.5 Å². The molecule has 3 aromatic rings. The number of hydrogen-bond donors (Lipinski definition) is 1. The third-order valence-corrected chi connectivity index (χ3v) is 3.69. The van der Waals surface area contributed by atoms with Crippen molar-refractivity contribution in [2.45, 2.75) is 6.92 Å². The van der Waals surface area contributed by atoms with E-state index in [0.29, 0.717) is 23.4 Å². The lowest BCUT2D eigenvalue weighted by molar-refractivity contribution is 0.0526. The van der Waals surface area contributed by atoms with Crippen molar-refractivity contribution in [1.29, 1.82) is 0 Å². The van der Waals surface area contributed by atoms with Crippen LogP contribution in [0.4, 0.5) is 5.69 Å². The maximum Gasteiger partial charge on any atom is 0.338 e. The van der Waals surface area contributed by atoms with Gasteiger partial charge < -0.3 is 10.1 Å². The number of benzene rings is 3. The van der Waals surface area contributed by atoms with Crippen molar-refractivity contribution in [2.75, 3.05) is 11.9 Å². The van der Waals surface area contributed by atoms with E-state index in [4.69, 9.17) is 4.74 Å². The minimum atomic E-state index is -0.371. The Morgan fingerprint density at radius 2 is 1.62 bits per heavy atom. The SMILES string of the molecule is CCOC(=O)c1ccc(NC(=O)c2cccc3ccccc23)cc1. The largest absolute Gasteiger partial charge is 0.462 e. The summed E-state index contributed by atoms with van der Waals surface area (Å²) >= 11 is 0. The Morgan fingerprint density at radius 1 is 0.917 bits per heavy atom. The summed E-state index contributed by atoms with van der Waals surface area (Å²) in [6.07, 6.45) is 0. The molecule has 0 aliphatic rings. The van der Waals surface area contributed by atoms with Gasteiger partial charge >= 0.3 is 5.97 Å². The van der Waals surface area contributed by atoms with Crippen LogP contribution in [0.15, 0.2) is 66.7 Å². The molecule has 0 radical (unpaired) electrons. The second-order valence-electron chi connectivity index (χ2n) is 5.28. The molecular formula is C20H17NO3. The molecule has 0 saturated carbocycles. The van der Waals surface area contributed by atoms with Gasteiger partial charge in [-0.15, -0.1) is 0 Å². The normalized spacial score (nSPS) is 10.4. The quantitative estimate of drug-likeness (QED) is 0.731. The highest BCUT2D eigenvalue weighted by Gasteiger charge is 2.11. The molecule has 4 nitrogen and oxygen atoms in total. The second-order valence-corrected chi connectivity index (χ2v) is 5.28. The van der Waals surface area contributed by atoms with Gasteiger partial charge in [0.2, 0.25) is 0 Å². The van der Waals surface area contributed by atoms with E-state index < -0.39 is 0 Å². The zero-order valence-electron chi connectivity index (χ0n) is 13.3. The van der Waals surface area contributed by atoms with E-state index in [1.165, 1.54) is 0 Å². The van der Waals surface area contributed by atoms with Crippen LogP contribution in [0.25, 0.3) is 10.8 Å². The molecule has 0 saturated heterocycles. The number of rotatable bonds is 4. The molecule has 0 fully saturated rings. The molecular weight excluding hydrogens is 302 g/mol. The number of hydrogen-bond acceptors (Lipinski definition) is 3. The standard InChI is InChI=1S/C20H17NO3/c1-2-24-20(23)15-10-12-16(13-11-15)21-19(22)18-9-5-7-14-6-3-4-8-17(14)18/h3-13H,2H2,1H3,(H,21,22). The van der Waals surface area contributed by atoms with Crippen molar-refractivity contribution in [3.63, 3.8) is 0 Å². The topological polar surface area (TPSA) is 55.4 Å². The molecule has 4 heteroatoms. The third kappa shape index (κ3) is 3.27. The molecule has 0 unspecified atom stereocenters. The molecule has 0 bridgehead atoms. The van der Waals surface area contributed by atoms with Crippen molar-refractivity contribution < 1.29 is 14.3 Å². The third-order valence-electron chi connectivity index (χ3n) is 3.69. The smallest absolute Gasteiger partial charge is 0.338 e. The van der Waals surface area contributed by atoms with Crippen LogP contribution in [0.2, 0.25) is 0 Å². The zero-order valence-corrected chi connectivity index (χ0v) is 13.3. The fourth-order valence-corrected chi connectivity index (χ4v) is 2.53. The van der Waals surface area contributed by atoms with Gasteiger partial charge in [-0.3, -0.25) is 4.79 Å². The average molecular weight is 319 g/mol. The highest BCUT2D eigenvalue weighted by atomic mass is 16.5. The second kappa shape index (κ2) is 6.96. The van der Waals surface area contributed by atoms with E-state index in [2.05, 4.69) is 5.32 Å². The number of ether oxygens (including phenoxy) is 1. The number of amides is 1. The first-order chi connectivity index (χ1) is 11.7. The zero-order chi connectivity index (χ0) is 16.9. The van der Waals surface area contributed by atoms with Gasteiger partial charge in [-0.05, 0) is 48.0 Å². The Morgan fingerprint density at radius 3 is 2.38 bits per heavy atom. The van der Waals surface area contributed by atoms with Crippen molar-refractivity contribution >= 4 is 28.3 Å². The summed E-state index contributed by atoms with van der Waals surface area (Å²) in [5.41, 5.74) is 1.70. The number of carbonyl (C=O) groups is 2.